The van der Waals surface area contributed by atoms with Gasteiger partial charge in [0, 0.05) is 25.0 Å². The maximum absolute atomic E-state index is 12.9. The SMILES string of the molecule is Cn1cc(CNc2ccc(F)c(F)c2)nn1. The summed E-state index contributed by atoms with van der Waals surface area (Å²) >= 11 is 0. The maximum Gasteiger partial charge on any atom is 0.160 e. The van der Waals surface area contributed by atoms with E-state index in [0.29, 0.717) is 12.2 Å². The van der Waals surface area contributed by atoms with Gasteiger partial charge in [-0.2, -0.15) is 0 Å². The molecule has 0 saturated heterocycles. The average Bonchev–Trinajstić information content (AvgIpc) is 2.66. The van der Waals surface area contributed by atoms with Crippen molar-refractivity contribution in [2.75, 3.05) is 5.32 Å². The zero-order chi connectivity index (χ0) is 11.5. The van der Waals surface area contributed by atoms with Crippen LogP contribution in [0.25, 0.3) is 0 Å². The van der Waals surface area contributed by atoms with Crippen LogP contribution in [0.5, 0.6) is 0 Å². The van der Waals surface area contributed by atoms with Crippen LogP contribution in [0, 0.1) is 11.6 Å². The summed E-state index contributed by atoms with van der Waals surface area (Å²) in [5.41, 5.74) is 1.23. The Kier molecular flexibility index (Phi) is 2.80. The van der Waals surface area contributed by atoms with Gasteiger partial charge in [-0.3, -0.25) is 4.68 Å². The topological polar surface area (TPSA) is 42.7 Å². The van der Waals surface area contributed by atoms with Gasteiger partial charge in [-0.05, 0) is 12.1 Å². The molecule has 84 valence electrons. The first kappa shape index (κ1) is 10.5. The molecule has 4 nitrogen and oxygen atoms in total. The third-order valence-corrected chi connectivity index (χ3v) is 2.04. The maximum atomic E-state index is 12.9. The van der Waals surface area contributed by atoms with Gasteiger partial charge >= 0.3 is 0 Å². The molecule has 0 unspecified atom stereocenters. The lowest BCUT2D eigenvalue weighted by Gasteiger charge is -2.03. The number of nitrogens with zero attached hydrogens (tertiary/aromatic N) is 3. The minimum Gasteiger partial charge on any atom is -0.379 e. The fourth-order valence-electron chi connectivity index (χ4n) is 1.28. The molecule has 1 aromatic carbocycles. The van der Waals surface area contributed by atoms with Gasteiger partial charge in [0.1, 0.15) is 5.69 Å². The summed E-state index contributed by atoms with van der Waals surface area (Å²) in [5, 5.41) is 10.5. The van der Waals surface area contributed by atoms with Crippen LogP contribution in [0.1, 0.15) is 5.69 Å². The number of aryl methyl sites for hydroxylation is 1. The van der Waals surface area contributed by atoms with Gasteiger partial charge in [-0.1, -0.05) is 5.21 Å². The van der Waals surface area contributed by atoms with Gasteiger partial charge in [0.15, 0.2) is 11.6 Å². The van der Waals surface area contributed by atoms with E-state index in [1.54, 1.807) is 17.9 Å². The van der Waals surface area contributed by atoms with Crippen molar-refractivity contribution in [3.63, 3.8) is 0 Å². The standard InChI is InChI=1S/C10H10F2N4/c1-16-6-8(14-15-16)5-13-7-2-3-9(11)10(12)4-7/h2-4,6,13H,5H2,1H3. The van der Waals surface area contributed by atoms with Gasteiger partial charge in [0.2, 0.25) is 0 Å². The highest BCUT2D eigenvalue weighted by Gasteiger charge is 2.03. The van der Waals surface area contributed by atoms with Crippen LogP contribution < -0.4 is 5.32 Å². The van der Waals surface area contributed by atoms with Crippen molar-refractivity contribution in [2.45, 2.75) is 6.54 Å². The van der Waals surface area contributed by atoms with Gasteiger partial charge in [0.05, 0.1) is 6.54 Å². The first-order valence-electron chi connectivity index (χ1n) is 4.69. The van der Waals surface area contributed by atoms with Crippen molar-refractivity contribution in [2.24, 2.45) is 7.05 Å². The molecule has 0 amide bonds. The molecule has 1 heterocycles. The highest BCUT2D eigenvalue weighted by atomic mass is 19.2. The Labute approximate surface area is 90.9 Å². The van der Waals surface area contributed by atoms with Crippen LogP contribution in [0.2, 0.25) is 0 Å². The van der Waals surface area contributed by atoms with Crippen LogP contribution in [-0.2, 0) is 13.6 Å². The Morgan fingerprint density at radius 2 is 2.12 bits per heavy atom. The highest BCUT2D eigenvalue weighted by Crippen LogP contribution is 2.13. The van der Waals surface area contributed by atoms with Crippen molar-refractivity contribution in [1.29, 1.82) is 0 Å². The number of aromatic nitrogens is 3. The van der Waals surface area contributed by atoms with Crippen molar-refractivity contribution >= 4 is 5.69 Å². The minimum absolute atomic E-state index is 0.416. The molecule has 1 aromatic heterocycles. The quantitative estimate of drug-likeness (QED) is 0.863. The smallest absolute Gasteiger partial charge is 0.160 e. The van der Waals surface area contributed by atoms with E-state index >= 15 is 0 Å². The molecule has 0 fully saturated rings. The fraction of sp³-hybridized carbons (Fsp3) is 0.200. The molecule has 0 aliphatic rings. The second-order valence-corrected chi connectivity index (χ2v) is 3.37. The lowest BCUT2D eigenvalue weighted by Crippen LogP contribution is -2.00. The summed E-state index contributed by atoms with van der Waals surface area (Å²) in [7, 11) is 1.76. The summed E-state index contributed by atoms with van der Waals surface area (Å²) in [6, 6.07) is 3.65. The first-order chi connectivity index (χ1) is 7.65. The molecular formula is C10H10F2N4. The summed E-state index contributed by atoms with van der Waals surface area (Å²) in [6.45, 7) is 0.416. The van der Waals surface area contributed by atoms with Gasteiger partial charge in [-0.25, -0.2) is 8.78 Å². The van der Waals surface area contributed by atoms with E-state index in [2.05, 4.69) is 15.6 Å². The molecule has 2 aromatic rings. The molecule has 0 spiro atoms. The van der Waals surface area contributed by atoms with Gasteiger partial charge < -0.3 is 5.32 Å². The van der Waals surface area contributed by atoms with Crippen molar-refractivity contribution < 1.29 is 8.78 Å². The largest absolute Gasteiger partial charge is 0.379 e. The number of halogens is 2. The molecule has 0 radical (unpaired) electrons. The zero-order valence-electron chi connectivity index (χ0n) is 8.61. The number of hydrogen-bond acceptors (Lipinski definition) is 3. The van der Waals surface area contributed by atoms with Crippen molar-refractivity contribution in [1.82, 2.24) is 15.0 Å². The molecule has 16 heavy (non-hydrogen) atoms. The van der Waals surface area contributed by atoms with E-state index in [-0.39, 0.29) is 0 Å². The molecule has 6 heteroatoms. The highest BCUT2D eigenvalue weighted by molar-refractivity contribution is 5.43. The Morgan fingerprint density at radius 3 is 2.75 bits per heavy atom. The number of benzene rings is 1. The second kappa shape index (κ2) is 4.26. The molecule has 1 N–H and O–H groups in total. The molecule has 0 aliphatic heterocycles. The van der Waals surface area contributed by atoms with Gasteiger partial charge in [0.25, 0.3) is 0 Å². The number of rotatable bonds is 3. The third-order valence-electron chi connectivity index (χ3n) is 2.04. The van der Waals surface area contributed by atoms with Crippen LogP contribution in [-0.4, -0.2) is 15.0 Å². The zero-order valence-corrected chi connectivity index (χ0v) is 8.61. The Hall–Kier alpha value is -1.98. The number of anilines is 1. The summed E-state index contributed by atoms with van der Waals surface area (Å²) < 4.78 is 27.1. The lowest BCUT2D eigenvalue weighted by atomic mass is 10.3. The summed E-state index contributed by atoms with van der Waals surface area (Å²) in [6.07, 6.45) is 1.74. The lowest BCUT2D eigenvalue weighted by molar-refractivity contribution is 0.509. The normalized spacial score (nSPS) is 10.4. The van der Waals surface area contributed by atoms with E-state index in [9.17, 15) is 8.78 Å². The summed E-state index contributed by atoms with van der Waals surface area (Å²) in [4.78, 5) is 0. The van der Waals surface area contributed by atoms with Crippen molar-refractivity contribution in [3.05, 3.63) is 41.7 Å². The van der Waals surface area contributed by atoms with Gasteiger partial charge in [-0.15, -0.1) is 5.10 Å². The summed E-state index contributed by atoms with van der Waals surface area (Å²) in [5.74, 6) is -1.73. The Balaban J connectivity index is 2.02. The number of nitrogens with one attached hydrogen (secondary N) is 1. The number of hydrogen-bond donors (Lipinski definition) is 1. The monoisotopic (exact) mass is 224 g/mol. The predicted octanol–water partition coefficient (Wildman–Crippen LogP) is 1.71. The average molecular weight is 224 g/mol. The Morgan fingerprint density at radius 1 is 1.31 bits per heavy atom. The molecule has 2 rings (SSSR count). The predicted molar refractivity (Wildman–Crippen MR) is 54.7 cm³/mol. The molecular weight excluding hydrogens is 214 g/mol. The molecule has 0 saturated carbocycles. The molecule has 0 aliphatic carbocycles. The Bertz CT molecular complexity index is 495. The van der Waals surface area contributed by atoms with Crippen LogP contribution >= 0.6 is 0 Å². The van der Waals surface area contributed by atoms with Crippen molar-refractivity contribution in [3.8, 4) is 0 Å². The minimum atomic E-state index is -0.871. The van der Waals surface area contributed by atoms with Crippen LogP contribution in [0.4, 0.5) is 14.5 Å². The van der Waals surface area contributed by atoms with Crippen LogP contribution in [0.3, 0.4) is 0 Å². The van der Waals surface area contributed by atoms with E-state index in [0.717, 1.165) is 17.8 Å². The second-order valence-electron chi connectivity index (χ2n) is 3.37. The first-order valence-corrected chi connectivity index (χ1v) is 4.69. The van der Waals surface area contributed by atoms with E-state index in [1.807, 2.05) is 0 Å². The van der Waals surface area contributed by atoms with E-state index in [1.165, 1.54) is 6.07 Å². The molecule has 0 atom stereocenters. The van der Waals surface area contributed by atoms with Crippen LogP contribution in [0.15, 0.2) is 24.4 Å². The molecule has 0 bridgehead atoms. The van der Waals surface area contributed by atoms with E-state index in [4.69, 9.17) is 0 Å². The van der Waals surface area contributed by atoms with E-state index < -0.39 is 11.6 Å². The third kappa shape index (κ3) is 2.33. The fourth-order valence-corrected chi connectivity index (χ4v) is 1.28.